The van der Waals surface area contributed by atoms with Gasteiger partial charge in [0.25, 0.3) is 5.91 Å². The maximum atomic E-state index is 12.2. The zero-order valence-corrected chi connectivity index (χ0v) is 18.5. The highest BCUT2D eigenvalue weighted by Gasteiger charge is 2.21. The van der Waals surface area contributed by atoms with Gasteiger partial charge in [-0.3, -0.25) is 9.69 Å². The molecule has 0 aliphatic carbocycles. The number of anilines is 3. The van der Waals surface area contributed by atoms with E-state index in [1.807, 2.05) is 30.3 Å². The molecule has 1 aliphatic heterocycles. The molecule has 1 fully saturated rings. The standard InChI is InChI=1S/C24H27N5O4/c1-17-22(23(25)33-27-17)24(31)32-16-21(30)26-19-7-9-20(10-8-19)29-13-11-28(12-14-29)15-18-5-3-2-4-6-18/h2-10H,11-16,25H2,1H3,(H,26,30). The van der Waals surface area contributed by atoms with Crippen LogP contribution in [0.2, 0.25) is 0 Å². The molecule has 0 bridgehead atoms. The minimum absolute atomic E-state index is 0.0380. The van der Waals surface area contributed by atoms with Gasteiger partial charge >= 0.3 is 5.97 Å². The van der Waals surface area contributed by atoms with Crippen LogP contribution in [-0.2, 0) is 16.1 Å². The van der Waals surface area contributed by atoms with Crippen molar-refractivity contribution < 1.29 is 18.8 Å². The predicted molar refractivity (Wildman–Crippen MR) is 125 cm³/mol. The van der Waals surface area contributed by atoms with Crippen molar-refractivity contribution in [3.8, 4) is 0 Å². The van der Waals surface area contributed by atoms with E-state index in [4.69, 9.17) is 15.0 Å². The second-order valence-electron chi connectivity index (χ2n) is 7.93. The lowest BCUT2D eigenvalue weighted by atomic mass is 10.2. The van der Waals surface area contributed by atoms with Crippen molar-refractivity contribution >= 4 is 29.1 Å². The monoisotopic (exact) mass is 449 g/mol. The number of hydrogen-bond donors (Lipinski definition) is 2. The zero-order chi connectivity index (χ0) is 23.2. The summed E-state index contributed by atoms with van der Waals surface area (Å²) < 4.78 is 9.74. The van der Waals surface area contributed by atoms with E-state index in [1.54, 1.807) is 6.92 Å². The minimum Gasteiger partial charge on any atom is -0.452 e. The number of rotatable bonds is 7. The molecule has 172 valence electrons. The molecule has 9 heteroatoms. The van der Waals surface area contributed by atoms with Gasteiger partial charge in [0.1, 0.15) is 5.56 Å². The van der Waals surface area contributed by atoms with E-state index in [2.05, 4.69) is 44.5 Å². The molecular formula is C24H27N5O4. The highest BCUT2D eigenvalue weighted by molar-refractivity contribution is 5.98. The Balaban J connectivity index is 1.23. The number of aromatic nitrogens is 1. The lowest BCUT2D eigenvalue weighted by Crippen LogP contribution is -2.45. The molecule has 0 unspecified atom stereocenters. The number of hydrogen-bond acceptors (Lipinski definition) is 8. The number of amides is 1. The van der Waals surface area contributed by atoms with Crippen LogP contribution in [-0.4, -0.2) is 54.7 Å². The molecule has 9 nitrogen and oxygen atoms in total. The number of benzene rings is 2. The normalized spacial score (nSPS) is 14.2. The van der Waals surface area contributed by atoms with E-state index in [9.17, 15) is 9.59 Å². The summed E-state index contributed by atoms with van der Waals surface area (Å²) in [7, 11) is 0. The van der Waals surface area contributed by atoms with Crippen molar-refractivity contribution in [1.82, 2.24) is 10.1 Å². The van der Waals surface area contributed by atoms with Crippen LogP contribution in [0.3, 0.4) is 0 Å². The summed E-state index contributed by atoms with van der Waals surface area (Å²) in [6.45, 7) is 5.98. The van der Waals surface area contributed by atoms with Crippen molar-refractivity contribution in [2.24, 2.45) is 0 Å². The second kappa shape index (κ2) is 10.2. The molecule has 0 spiro atoms. The van der Waals surface area contributed by atoms with Crippen LogP contribution < -0.4 is 16.0 Å². The second-order valence-corrected chi connectivity index (χ2v) is 7.93. The third-order valence-electron chi connectivity index (χ3n) is 5.57. The molecule has 1 aromatic heterocycles. The Kier molecular flexibility index (Phi) is 6.89. The van der Waals surface area contributed by atoms with Gasteiger partial charge in [0.05, 0.1) is 5.69 Å². The highest BCUT2D eigenvalue weighted by atomic mass is 16.5. The summed E-state index contributed by atoms with van der Waals surface area (Å²) in [5.74, 6) is -1.32. The molecule has 1 aliphatic rings. The van der Waals surface area contributed by atoms with Gasteiger partial charge < -0.3 is 25.2 Å². The first-order valence-corrected chi connectivity index (χ1v) is 10.8. The number of piperazine rings is 1. The number of carbonyl (C=O) groups excluding carboxylic acids is 2. The molecular weight excluding hydrogens is 422 g/mol. The van der Waals surface area contributed by atoms with Gasteiger partial charge in [-0.25, -0.2) is 4.79 Å². The SMILES string of the molecule is Cc1noc(N)c1C(=O)OCC(=O)Nc1ccc(N2CCN(Cc3ccccc3)CC2)cc1. The van der Waals surface area contributed by atoms with E-state index in [0.717, 1.165) is 38.4 Å². The maximum Gasteiger partial charge on any atom is 0.346 e. The van der Waals surface area contributed by atoms with Crippen molar-refractivity contribution in [2.45, 2.75) is 13.5 Å². The molecule has 2 heterocycles. The lowest BCUT2D eigenvalue weighted by Gasteiger charge is -2.36. The van der Waals surface area contributed by atoms with Crippen LogP contribution in [0.25, 0.3) is 0 Å². The summed E-state index contributed by atoms with van der Waals surface area (Å²) in [6, 6.07) is 18.1. The van der Waals surface area contributed by atoms with Gasteiger partial charge in [0, 0.05) is 44.1 Å². The van der Waals surface area contributed by atoms with Gasteiger partial charge in [-0.05, 0) is 36.8 Å². The topological polar surface area (TPSA) is 114 Å². The van der Waals surface area contributed by atoms with E-state index in [1.165, 1.54) is 5.56 Å². The van der Waals surface area contributed by atoms with Gasteiger partial charge in [-0.2, -0.15) is 0 Å². The average molecular weight is 450 g/mol. The average Bonchev–Trinajstić information content (AvgIpc) is 3.17. The van der Waals surface area contributed by atoms with Gasteiger partial charge in [0.15, 0.2) is 6.61 Å². The quantitative estimate of drug-likeness (QED) is 0.529. The van der Waals surface area contributed by atoms with Gasteiger partial charge in [-0.1, -0.05) is 35.5 Å². The Morgan fingerprint density at radius 3 is 2.39 bits per heavy atom. The molecule has 0 radical (unpaired) electrons. The summed E-state index contributed by atoms with van der Waals surface area (Å²) in [4.78, 5) is 29.0. The van der Waals surface area contributed by atoms with E-state index >= 15 is 0 Å². The third-order valence-corrected chi connectivity index (χ3v) is 5.57. The highest BCUT2D eigenvalue weighted by Crippen LogP contribution is 2.21. The summed E-state index contributed by atoms with van der Waals surface area (Å²) >= 11 is 0. The van der Waals surface area contributed by atoms with Crippen molar-refractivity contribution in [1.29, 1.82) is 0 Å². The number of nitrogens with two attached hydrogens (primary N) is 1. The fraction of sp³-hybridized carbons (Fsp3) is 0.292. The van der Waals surface area contributed by atoms with E-state index in [-0.39, 0.29) is 11.4 Å². The summed E-state index contributed by atoms with van der Waals surface area (Å²) in [5, 5.41) is 6.32. The number of nitrogens with zero attached hydrogens (tertiary/aromatic N) is 3. The van der Waals surface area contributed by atoms with Crippen molar-refractivity contribution in [3.63, 3.8) is 0 Å². The number of ether oxygens (including phenoxy) is 1. The summed E-state index contributed by atoms with van der Waals surface area (Å²) in [6.07, 6.45) is 0. The Labute approximate surface area is 192 Å². The molecule has 0 atom stereocenters. The third kappa shape index (κ3) is 5.69. The van der Waals surface area contributed by atoms with Crippen molar-refractivity contribution in [3.05, 3.63) is 71.4 Å². The largest absolute Gasteiger partial charge is 0.452 e. The van der Waals surface area contributed by atoms with Crippen LogP contribution >= 0.6 is 0 Å². The number of nitrogens with one attached hydrogen (secondary N) is 1. The van der Waals surface area contributed by atoms with E-state index < -0.39 is 18.5 Å². The van der Waals surface area contributed by atoms with Crippen LogP contribution in [0.1, 0.15) is 21.6 Å². The minimum atomic E-state index is -0.747. The molecule has 0 saturated carbocycles. The Morgan fingerprint density at radius 2 is 1.76 bits per heavy atom. The first-order valence-electron chi connectivity index (χ1n) is 10.8. The first kappa shape index (κ1) is 22.3. The number of aryl methyl sites for hydroxylation is 1. The lowest BCUT2D eigenvalue weighted by molar-refractivity contribution is -0.119. The van der Waals surface area contributed by atoms with Crippen LogP contribution in [0.15, 0.2) is 59.1 Å². The molecule has 1 saturated heterocycles. The Hall–Kier alpha value is -3.85. The molecule has 3 N–H and O–H groups in total. The van der Waals surface area contributed by atoms with Gasteiger partial charge in [0.2, 0.25) is 5.88 Å². The van der Waals surface area contributed by atoms with Crippen LogP contribution in [0, 0.1) is 6.92 Å². The summed E-state index contributed by atoms with van der Waals surface area (Å²) in [5.41, 5.74) is 8.97. The molecule has 4 rings (SSSR count). The zero-order valence-electron chi connectivity index (χ0n) is 18.5. The fourth-order valence-electron chi connectivity index (χ4n) is 3.80. The molecule has 33 heavy (non-hydrogen) atoms. The van der Waals surface area contributed by atoms with Crippen molar-refractivity contribution in [2.75, 3.05) is 48.7 Å². The maximum absolute atomic E-state index is 12.2. The molecule has 3 aromatic rings. The number of esters is 1. The molecule has 2 aromatic carbocycles. The van der Waals surface area contributed by atoms with Crippen LogP contribution in [0.4, 0.5) is 17.3 Å². The fourth-order valence-corrected chi connectivity index (χ4v) is 3.80. The molecule has 1 amide bonds. The number of nitrogen functional groups attached to an aromatic ring is 1. The predicted octanol–water partition coefficient (Wildman–Crippen LogP) is 2.68. The van der Waals surface area contributed by atoms with Crippen LogP contribution in [0.5, 0.6) is 0 Å². The Bertz CT molecular complexity index is 1070. The first-order chi connectivity index (χ1) is 16.0. The van der Waals surface area contributed by atoms with E-state index in [0.29, 0.717) is 11.4 Å². The number of carbonyl (C=O) groups is 2. The Morgan fingerprint density at radius 1 is 1.06 bits per heavy atom. The van der Waals surface area contributed by atoms with Gasteiger partial charge in [-0.15, -0.1) is 0 Å². The smallest absolute Gasteiger partial charge is 0.346 e.